The number of aryl methyl sites for hydroxylation is 1. The first-order valence-corrected chi connectivity index (χ1v) is 13.2. The van der Waals surface area contributed by atoms with Crippen LogP contribution in [-0.2, 0) is 26.8 Å². The highest BCUT2D eigenvalue weighted by molar-refractivity contribution is 7.92. The van der Waals surface area contributed by atoms with Crippen LogP contribution in [0.25, 0.3) is 0 Å². The molecule has 0 aromatic heterocycles. The molecular weight excluding hydrogens is 577 g/mol. The van der Waals surface area contributed by atoms with Crippen LogP contribution in [0.1, 0.15) is 24.0 Å². The van der Waals surface area contributed by atoms with E-state index in [9.17, 15) is 59.3 Å². The Balaban J connectivity index is 1.80. The van der Waals surface area contributed by atoms with Crippen molar-refractivity contribution >= 4 is 21.6 Å². The molecule has 0 spiro atoms. The van der Waals surface area contributed by atoms with Crippen molar-refractivity contribution in [2.45, 2.75) is 60.4 Å². The molecule has 3 atom stereocenters. The molecule has 0 aliphatic carbocycles. The van der Waals surface area contributed by atoms with Crippen LogP contribution in [0.4, 0.5) is 36.4 Å². The predicted octanol–water partition coefficient (Wildman–Crippen LogP) is 2.60. The summed E-state index contributed by atoms with van der Waals surface area (Å²) in [6.07, 6.45) is -15.8. The zero-order chi connectivity index (χ0) is 29.8. The highest BCUT2D eigenvalue weighted by Gasteiger charge is 2.71. The molecule has 40 heavy (non-hydrogen) atoms. The molecular formula is C24H23F7N2O6S. The van der Waals surface area contributed by atoms with E-state index in [0.717, 1.165) is 29.2 Å². The Morgan fingerprint density at radius 3 is 2.00 bits per heavy atom. The topological polar surface area (TPSA) is 118 Å². The first kappa shape index (κ1) is 30.0. The summed E-state index contributed by atoms with van der Waals surface area (Å²) in [5.74, 6) is -1.44. The highest BCUT2D eigenvalue weighted by Crippen LogP contribution is 2.51. The monoisotopic (exact) mass is 600 g/mol. The lowest BCUT2D eigenvalue weighted by molar-refractivity contribution is -0.376. The molecule has 220 valence electrons. The minimum atomic E-state index is -6.16. The second kappa shape index (κ2) is 10.2. The van der Waals surface area contributed by atoms with Crippen molar-refractivity contribution in [3.8, 4) is 0 Å². The van der Waals surface area contributed by atoms with Crippen LogP contribution in [0.2, 0.25) is 0 Å². The Bertz CT molecular complexity index is 1360. The van der Waals surface area contributed by atoms with Crippen molar-refractivity contribution in [2.75, 3.05) is 17.4 Å². The quantitative estimate of drug-likeness (QED) is 0.455. The summed E-state index contributed by atoms with van der Waals surface area (Å²) < 4.78 is 122. The van der Waals surface area contributed by atoms with Gasteiger partial charge in [0.1, 0.15) is 5.82 Å². The lowest BCUT2D eigenvalue weighted by atomic mass is 9.87. The minimum Gasteiger partial charge on any atom is -0.388 e. The molecule has 2 aromatic carbocycles. The van der Waals surface area contributed by atoms with Gasteiger partial charge in [-0.15, -0.1) is 0 Å². The zero-order valence-corrected chi connectivity index (χ0v) is 21.1. The van der Waals surface area contributed by atoms with Crippen LogP contribution >= 0.6 is 0 Å². The van der Waals surface area contributed by atoms with Gasteiger partial charge in [0.05, 0.1) is 28.8 Å². The smallest absolute Gasteiger partial charge is 0.388 e. The van der Waals surface area contributed by atoms with Crippen LogP contribution < -0.4 is 4.31 Å². The van der Waals surface area contributed by atoms with E-state index in [4.69, 9.17) is 0 Å². The first-order chi connectivity index (χ1) is 18.4. The van der Waals surface area contributed by atoms with Gasteiger partial charge in [-0.1, -0.05) is 12.1 Å². The fourth-order valence-corrected chi connectivity index (χ4v) is 6.60. The number of aliphatic hydroxyl groups excluding tert-OH is 2. The molecule has 0 radical (unpaired) electrons. The maximum atomic E-state index is 13.7. The van der Waals surface area contributed by atoms with Crippen LogP contribution in [0.3, 0.4) is 0 Å². The number of sulfonamides is 1. The average Bonchev–Trinajstić information content (AvgIpc) is 3.20. The van der Waals surface area contributed by atoms with Crippen LogP contribution in [0, 0.1) is 5.82 Å². The van der Waals surface area contributed by atoms with E-state index in [1.54, 1.807) is 0 Å². The molecule has 3 N–H and O–H groups in total. The number of alkyl halides is 6. The maximum Gasteiger partial charge on any atom is 0.430 e. The van der Waals surface area contributed by atoms with E-state index in [-0.39, 0.29) is 37.2 Å². The second-order valence-corrected chi connectivity index (χ2v) is 11.4. The molecule has 0 saturated carbocycles. The number of fused-ring (bicyclic) bond motifs is 1. The van der Waals surface area contributed by atoms with Gasteiger partial charge >= 0.3 is 12.4 Å². The fraction of sp³-hybridized carbons (Fsp3) is 0.458. The summed E-state index contributed by atoms with van der Waals surface area (Å²) in [6.45, 7) is -0.463. The van der Waals surface area contributed by atoms with Crippen molar-refractivity contribution in [1.82, 2.24) is 4.90 Å². The number of benzene rings is 2. The number of carbonyl (C=O) groups excluding carboxylic acids is 1. The van der Waals surface area contributed by atoms with Crippen LogP contribution in [-0.4, -0.2) is 78.2 Å². The molecule has 16 heteroatoms. The fourth-order valence-electron chi connectivity index (χ4n) is 4.88. The summed E-state index contributed by atoms with van der Waals surface area (Å²) >= 11 is 0. The van der Waals surface area contributed by atoms with Crippen molar-refractivity contribution in [3.05, 3.63) is 59.4 Å². The molecule has 2 heterocycles. The number of hydrogen-bond acceptors (Lipinski definition) is 6. The third-order valence-electron chi connectivity index (χ3n) is 7.03. The van der Waals surface area contributed by atoms with Crippen molar-refractivity contribution in [2.24, 2.45) is 0 Å². The standard InChI is InChI=1S/C24H23F7N2O6S/c25-15-3-6-17(7-4-15)40(38,39)33-16(10-21(36)32-11-19(34)20(35)12-32)5-1-13-9-14(2-8-18(13)33)22(37,23(26,27)28)24(29,30)31/h2-4,6-9,16,19-20,34-35,37H,1,5,10-12H2/t16-,19-,20+/m0/s1. The highest BCUT2D eigenvalue weighted by atomic mass is 32.2. The largest absolute Gasteiger partial charge is 0.430 e. The van der Waals surface area contributed by atoms with Crippen molar-refractivity contribution in [1.29, 1.82) is 0 Å². The number of aliphatic hydroxyl groups is 3. The lowest BCUT2D eigenvalue weighted by Gasteiger charge is -2.39. The molecule has 4 rings (SSSR count). The van der Waals surface area contributed by atoms with Gasteiger partial charge in [0.25, 0.3) is 15.6 Å². The lowest BCUT2D eigenvalue weighted by Crippen LogP contribution is -2.54. The Kier molecular flexibility index (Phi) is 7.62. The second-order valence-electron chi connectivity index (χ2n) is 9.63. The summed E-state index contributed by atoms with van der Waals surface area (Å²) in [6, 6.07) is 3.73. The number of anilines is 1. The first-order valence-electron chi connectivity index (χ1n) is 11.8. The molecule has 2 aromatic rings. The number of halogens is 7. The normalized spacial score (nSPS) is 22.4. The van der Waals surface area contributed by atoms with E-state index in [1.807, 2.05) is 0 Å². The molecule has 2 aliphatic rings. The molecule has 1 fully saturated rings. The number of β-amino-alcohol motifs (C(OH)–C–C–N with tert-alkyl or cyclic N) is 2. The van der Waals surface area contributed by atoms with E-state index in [1.165, 1.54) is 0 Å². The summed E-state index contributed by atoms with van der Waals surface area (Å²) in [5.41, 5.74) is -7.41. The third-order valence-corrected chi connectivity index (χ3v) is 8.91. The van der Waals surface area contributed by atoms with Gasteiger partial charge in [-0.05, 0) is 48.7 Å². The number of rotatable bonds is 5. The van der Waals surface area contributed by atoms with Gasteiger partial charge in [-0.25, -0.2) is 12.8 Å². The van der Waals surface area contributed by atoms with E-state index < -0.39 is 74.8 Å². The molecule has 0 unspecified atom stereocenters. The molecule has 1 saturated heterocycles. The van der Waals surface area contributed by atoms with E-state index >= 15 is 0 Å². The maximum absolute atomic E-state index is 13.7. The van der Waals surface area contributed by atoms with Gasteiger partial charge in [-0.3, -0.25) is 9.10 Å². The Morgan fingerprint density at radius 2 is 1.48 bits per heavy atom. The van der Waals surface area contributed by atoms with Gasteiger partial charge < -0.3 is 20.2 Å². The zero-order valence-electron chi connectivity index (χ0n) is 20.3. The molecule has 0 bridgehead atoms. The number of nitrogens with zero attached hydrogens (tertiary/aromatic N) is 2. The Morgan fingerprint density at radius 1 is 0.925 bits per heavy atom. The summed E-state index contributed by atoms with van der Waals surface area (Å²) in [5, 5.41) is 29.3. The van der Waals surface area contributed by atoms with E-state index in [0.29, 0.717) is 22.5 Å². The molecule has 2 aliphatic heterocycles. The summed E-state index contributed by atoms with van der Waals surface area (Å²) in [7, 11) is -4.65. The van der Waals surface area contributed by atoms with Crippen LogP contribution in [0.5, 0.6) is 0 Å². The Labute approximate surface area is 223 Å². The number of carbonyl (C=O) groups is 1. The van der Waals surface area contributed by atoms with E-state index in [2.05, 4.69) is 0 Å². The Hall–Kier alpha value is -2.95. The van der Waals surface area contributed by atoms with Gasteiger partial charge in [-0.2, -0.15) is 26.3 Å². The molecule has 1 amide bonds. The SMILES string of the molecule is O=C(C[C@@H]1CCc2cc(C(O)(C(F)(F)F)C(F)(F)F)ccc2N1S(=O)(=O)c1ccc(F)cc1)N1C[C@@H](O)[C@@H](O)C1. The average molecular weight is 601 g/mol. The number of amides is 1. The third kappa shape index (κ3) is 5.12. The van der Waals surface area contributed by atoms with Gasteiger partial charge in [0.15, 0.2) is 0 Å². The summed E-state index contributed by atoms with van der Waals surface area (Å²) in [4.78, 5) is 13.6. The van der Waals surface area contributed by atoms with Gasteiger partial charge in [0, 0.05) is 25.1 Å². The van der Waals surface area contributed by atoms with Crippen molar-refractivity contribution < 1.29 is 59.3 Å². The number of likely N-dealkylation sites (tertiary alicyclic amines) is 1. The predicted molar refractivity (Wildman–Crippen MR) is 124 cm³/mol. The minimum absolute atomic E-state index is 0.224. The molecule has 8 nitrogen and oxygen atoms in total. The van der Waals surface area contributed by atoms with Crippen molar-refractivity contribution in [3.63, 3.8) is 0 Å². The van der Waals surface area contributed by atoms with Gasteiger partial charge in [0.2, 0.25) is 5.91 Å². The van der Waals surface area contributed by atoms with Crippen LogP contribution in [0.15, 0.2) is 47.4 Å². The number of hydrogen-bond donors (Lipinski definition) is 3.